The van der Waals surface area contributed by atoms with Crippen LogP contribution in [0.15, 0.2) is 60.8 Å². The van der Waals surface area contributed by atoms with Crippen LogP contribution in [0, 0.1) is 5.82 Å². The Morgan fingerprint density at radius 1 is 1.14 bits per heavy atom. The highest BCUT2D eigenvalue weighted by Crippen LogP contribution is 2.24. The molecule has 1 N–H and O–H groups in total. The summed E-state index contributed by atoms with van der Waals surface area (Å²) in [6.45, 7) is 3.43. The summed E-state index contributed by atoms with van der Waals surface area (Å²) in [5.41, 5.74) is 1.86. The molecule has 1 atom stereocenters. The van der Waals surface area contributed by atoms with Crippen LogP contribution in [0.2, 0.25) is 0 Å². The number of nitrogens with one attached hydrogen (secondary N) is 1. The van der Waals surface area contributed by atoms with Crippen molar-refractivity contribution >= 4 is 11.9 Å². The lowest BCUT2D eigenvalue weighted by molar-refractivity contribution is -0.124. The zero-order chi connectivity index (χ0) is 20.8. The van der Waals surface area contributed by atoms with Gasteiger partial charge in [0, 0.05) is 17.8 Å². The quantitative estimate of drug-likeness (QED) is 0.619. The molecule has 1 amide bonds. The highest BCUT2D eigenvalue weighted by molar-refractivity contribution is 5.97. The molecule has 150 valence electrons. The summed E-state index contributed by atoms with van der Waals surface area (Å²) in [6, 6.07) is 14.9. The second-order valence-corrected chi connectivity index (χ2v) is 6.63. The van der Waals surface area contributed by atoms with E-state index in [0.29, 0.717) is 11.3 Å². The highest BCUT2D eigenvalue weighted by atomic mass is 19.1. The van der Waals surface area contributed by atoms with E-state index in [9.17, 15) is 14.0 Å². The third kappa shape index (κ3) is 5.07. The summed E-state index contributed by atoms with van der Waals surface area (Å²) in [7, 11) is 0. The number of ether oxygens (including phenoxy) is 1. The molecule has 0 spiro atoms. The zero-order valence-corrected chi connectivity index (χ0v) is 16.3. The van der Waals surface area contributed by atoms with Crippen molar-refractivity contribution < 1.29 is 18.7 Å². The number of rotatable bonds is 7. The van der Waals surface area contributed by atoms with Gasteiger partial charge in [0.1, 0.15) is 17.1 Å². The van der Waals surface area contributed by atoms with Crippen LogP contribution in [-0.2, 0) is 9.53 Å². The fraction of sp³-hybridized carbons (Fsp3) is 0.227. The molecule has 3 rings (SSSR count). The van der Waals surface area contributed by atoms with Crippen LogP contribution in [0.5, 0.6) is 0 Å². The molecule has 0 saturated heterocycles. The fourth-order valence-corrected chi connectivity index (χ4v) is 2.68. The predicted octanol–water partition coefficient (Wildman–Crippen LogP) is 3.75. The molecule has 0 aliphatic carbocycles. The van der Waals surface area contributed by atoms with E-state index in [-0.39, 0.29) is 29.9 Å². The number of halogens is 1. The van der Waals surface area contributed by atoms with E-state index < -0.39 is 5.97 Å². The van der Waals surface area contributed by atoms with Gasteiger partial charge in [-0.1, -0.05) is 25.1 Å². The van der Waals surface area contributed by atoms with Crippen molar-refractivity contribution in [1.29, 1.82) is 0 Å². The van der Waals surface area contributed by atoms with Gasteiger partial charge in [-0.15, -0.1) is 0 Å². The molecule has 0 bridgehead atoms. The average Bonchev–Trinajstić information content (AvgIpc) is 3.18. The van der Waals surface area contributed by atoms with Gasteiger partial charge in [-0.2, -0.15) is 5.10 Å². The van der Waals surface area contributed by atoms with Crippen molar-refractivity contribution in [2.45, 2.75) is 26.3 Å². The van der Waals surface area contributed by atoms with E-state index in [1.165, 1.54) is 12.1 Å². The zero-order valence-electron chi connectivity index (χ0n) is 16.3. The van der Waals surface area contributed by atoms with Crippen LogP contribution in [0.1, 0.15) is 30.6 Å². The first-order valence-corrected chi connectivity index (χ1v) is 9.35. The molecule has 1 heterocycles. The molecule has 0 saturated carbocycles. The summed E-state index contributed by atoms with van der Waals surface area (Å²) in [4.78, 5) is 24.6. The summed E-state index contributed by atoms with van der Waals surface area (Å²) in [5.74, 6) is -1.43. The smallest absolute Gasteiger partial charge is 0.342 e. The molecule has 0 unspecified atom stereocenters. The maximum absolute atomic E-state index is 13.3. The monoisotopic (exact) mass is 395 g/mol. The molecule has 2 aromatic carbocycles. The Hall–Kier alpha value is -3.48. The van der Waals surface area contributed by atoms with E-state index >= 15 is 0 Å². The molecule has 29 heavy (non-hydrogen) atoms. The lowest BCUT2D eigenvalue weighted by atomic mass is 10.1. The van der Waals surface area contributed by atoms with Crippen molar-refractivity contribution in [3.63, 3.8) is 0 Å². The Kier molecular flexibility index (Phi) is 6.39. The van der Waals surface area contributed by atoms with Gasteiger partial charge in [0.25, 0.3) is 5.91 Å². The SMILES string of the molecule is CC[C@@H](C)NC(=O)COC(=O)c1cn(-c2ccccc2)nc1-c1ccc(F)cc1. The lowest BCUT2D eigenvalue weighted by Crippen LogP contribution is -2.35. The molecule has 0 fully saturated rings. The maximum atomic E-state index is 13.3. The number of hydrogen-bond donors (Lipinski definition) is 1. The number of amides is 1. The van der Waals surface area contributed by atoms with E-state index in [4.69, 9.17) is 4.74 Å². The van der Waals surface area contributed by atoms with E-state index in [1.807, 2.05) is 44.2 Å². The molecule has 7 heteroatoms. The van der Waals surface area contributed by atoms with Crippen molar-refractivity contribution in [2.75, 3.05) is 6.61 Å². The number of aromatic nitrogens is 2. The maximum Gasteiger partial charge on any atom is 0.342 e. The largest absolute Gasteiger partial charge is 0.452 e. The van der Waals surface area contributed by atoms with Gasteiger partial charge in [-0.25, -0.2) is 13.9 Å². The minimum atomic E-state index is -0.675. The molecular formula is C22H22FN3O3. The van der Waals surface area contributed by atoms with Crippen LogP contribution >= 0.6 is 0 Å². The first-order chi connectivity index (χ1) is 14.0. The number of hydrogen-bond acceptors (Lipinski definition) is 4. The second kappa shape index (κ2) is 9.14. The number of carbonyl (C=O) groups is 2. The normalized spacial score (nSPS) is 11.7. The molecule has 0 radical (unpaired) electrons. The third-order valence-electron chi connectivity index (χ3n) is 4.43. The van der Waals surface area contributed by atoms with Gasteiger partial charge in [-0.3, -0.25) is 4.79 Å². The molecule has 6 nitrogen and oxygen atoms in total. The van der Waals surface area contributed by atoms with Crippen molar-refractivity contribution in [2.24, 2.45) is 0 Å². The lowest BCUT2D eigenvalue weighted by Gasteiger charge is -2.11. The first kappa shape index (κ1) is 20.3. The minimum Gasteiger partial charge on any atom is -0.452 e. The van der Waals surface area contributed by atoms with Crippen molar-refractivity contribution in [1.82, 2.24) is 15.1 Å². The van der Waals surface area contributed by atoms with E-state index in [0.717, 1.165) is 12.1 Å². The average molecular weight is 395 g/mol. The molecular weight excluding hydrogens is 373 g/mol. The molecule has 0 aliphatic heterocycles. The van der Waals surface area contributed by atoms with Gasteiger partial charge in [0.15, 0.2) is 6.61 Å². The number of carbonyl (C=O) groups excluding carboxylic acids is 2. The highest BCUT2D eigenvalue weighted by Gasteiger charge is 2.21. The molecule has 0 aliphatic rings. The molecule has 1 aromatic heterocycles. The Morgan fingerprint density at radius 3 is 2.48 bits per heavy atom. The van der Waals surface area contributed by atoms with Gasteiger partial charge < -0.3 is 10.1 Å². The second-order valence-electron chi connectivity index (χ2n) is 6.63. The summed E-state index contributed by atoms with van der Waals surface area (Å²) < 4.78 is 20.1. The Balaban J connectivity index is 1.87. The van der Waals surface area contributed by atoms with Crippen molar-refractivity contribution in [3.05, 3.63) is 72.2 Å². The minimum absolute atomic E-state index is 0.00295. The van der Waals surface area contributed by atoms with Gasteiger partial charge in [0.2, 0.25) is 0 Å². The van der Waals surface area contributed by atoms with Crippen LogP contribution < -0.4 is 5.32 Å². The predicted molar refractivity (Wildman–Crippen MR) is 107 cm³/mol. The fourth-order valence-electron chi connectivity index (χ4n) is 2.68. The summed E-state index contributed by atoms with van der Waals surface area (Å²) >= 11 is 0. The Bertz CT molecular complexity index is 984. The summed E-state index contributed by atoms with van der Waals surface area (Å²) in [6.07, 6.45) is 2.32. The van der Waals surface area contributed by atoms with Gasteiger partial charge in [0.05, 0.1) is 5.69 Å². The van der Waals surface area contributed by atoms with E-state index in [1.54, 1.807) is 23.0 Å². The van der Waals surface area contributed by atoms with Gasteiger partial charge in [-0.05, 0) is 49.7 Å². The van der Waals surface area contributed by atoms with Crippen molar-refractivity contribution in [3.8, 4) is 16.9 Å². The Morgan fingerprint density at radius 2 is 1.83 bits per heavy atom. The van der Waals surface area contributed by atoms with Crippen LogP contribution in [0.4, 0.5) is 4.39 Å². The first-order valence-electron chi connectivity index (χ1n) is 9.35. The van der Waals surface area contributed by atoms with Crippen LogP contribution in [0.25, 0.3) is 16.9 Å². The standard InChI is InChI=1S/C22H22FN3O3/c1-3-15(2)24-20(27)14-29-22(28)19-13-26(18-7-5-4-6-8-18)25-21(19)16-9-11-17(23)12-10-16/h4-13,15H,3,14H2,1-2H3,(H,24,27)/t15-/m1/s1. The topological polar surface area (TPSA) is 73.2 Å². The molecule has 3 aromatic rings. The third-order valence-corrected chi connectivity index (χ3v) is 4.43. The Labute approximate surface area is 168 Å². The number of benzene rings is 2. The summed E-state index contributed by atoms with van der Waals surface area (Å²) in [5, 5.41) is 7.22. The van der Waals surface area contributed by atoms with Crippen LogP contribution in [0.3, 0.4) is 0 Å². The van der Waals surface area contributed by atoms with Crippen LogP contribution in [-0.4, -0.2) is 34.3 Å². The number of para-hydroxylation sites is 1. The number of nitrogens with zero attached hydrogens (tertiary/aromatic N) is 2. The number of esters is 1. The van der Waals surface area contributed by atoms with Gasteiger partial charge >= 0.3 is 5.97 Å². The van der Waals surface area contributed by atoms with E-state index in [2.05, 4.69) is 10.4 Å².